The highest BCUT2D eigenvalue weighted by atomic mass is 19.1. The molecule has 148 valence electrons. The zero-order valence-electron chi connectivity index (χ0n) is 16.6. The molecule has 1 amide bonds. The molecule has 0 aliphatic carbocycles. The SMILES string of the molecule is Cc1ccc([C@@H](c2ccccc2)N2CCN(C(=O)c3ccccc3F)CC2)cc1. The molecule has 1 aliphatic heterocycles. The first kappa shape index (κ1) is 19.3. The van der Waals surface area contributed by atoms with Crippen molar-refractivity contribution in [1.29, 1.82) is 0 Å². The number of aryl methyl sites for hydroxylation is 1. The van der Waals surface area contributed by atoms with Gasteiger partial charge in [-0.05, 0) is 30.2 Å². The summed E-state index contributed by atoms with van der Waals surface area (Å²) in [5.74, 6) is -0.684. The van der Waals surface area contributed by atoms with Crippen LogP contribution in [-0.2, 0) is 0 Å². The van der Waals surface area contributed by atoms with E-state index in [1.807, 2.05) is 6.07 Å². The van der Waals surface area contributed by atoms with E-state index in [9.17, 15) is 9.18 Å². The highest BCUT2D eigenvalue weighted by Crippen LogP contribution is 2.30. The molecular weight excluding hydrogens is 363 g/mol. The molecule has 0 unspecified atom stereocenters. The molecule has 0 radical (unpaired) electrons. The van der Waals surface area contributed by atoms with Gasteiger partial charge in [-0.2, -0.15) is 0 Å². The Kier molecular flexibility index (Phi) is 5.72. The second-order valence-corrected chi connectivity index (χ2v) is 7.53. The van der Waals surface area contributed by atoms with Crippen molar-refractivity contribution in [3.05, 3.63) is 107 Å². The van der Waals surface area contributed by atoms with Crippen molar-refractivity contribution in [1.82, 2.24) is 9.80 Å². The topological polar surface area (TPSA) is 23.6 Å². The molecule has 1 atom stereocenters. The molecule has 0 aromatic heterocycles. The third kappa shape index (κ3) is 4.22. The summed E-state index contributed by atoms with van der Waals surface area (Å²) >= 11 is 0. The number of halogens is 1. The Morgan fingerprint density at radius 1 is 0.793 bits per heavy atom. The van der Waals surface area contributed by atoms with Gasteiger partial charge in [0.05, 0.1) is 11.6 Å². The van der Waals surface area contributed by atoms with E-state index in [1.54, 1.807) is 23.1 Å². The molecule has 0 saturated carbocycles. The van der Waals surface area contributed by atoms with Gasteiger partial charge in [0.25, 0.3) is 5.91 Å². The van der Waals surface area contributed by atoms with Crippen molar-refractivity contribution in [2.75, 3.05) is 26.2 Å². The van der Waals surface area contributed by atoms with Gasteiger partial charge in [0.15, 0.2) is 0 Å². The average molecular weight is 388 g/mol. The maximum absolute atomic E-state index is 14.0. The van der Waals surface area contributed by atoms with Crippen LogP contribution in [0.2, 0.25) is 0 Å². The van der Waals surface area contributed by atoms with Gasteiger partial charge in [0.2, 0.25) is 0 Å². The molecule has 0 spiro atoms. The normalized spacial score (nSPS) is 15.9. The van der Waals surface area contributed by atoms with Crippen molar-refractivity contribution in [3.8, 4) is 0 Å². The monoisotopic (exact) mass is 388 g/mol. The Bertz CT molecular complexity index is 964. The molecule has 1 heterocycles. The van der Waals surface area contributed by atoms with Crippen LogP contribution in [0.5, 0.6) is 0 Å². The minimum Gasteiger partial charge on any atom is -0.336 e. The Morgan fingerprint density at radius 3 is 2.03 bits per heavy atom. The van der Waals surface area contributed by atoms with Gasteiger partial charge < -0.3 is 4.90 Å². The fraction of sp³-hybridized carbons (Fsp3) is 0.240. The second-order valence-electron chi connectivity index (χ2n) is 7.53. The fourth-order valence-corrected chi connectivity index (χ4v) is 3.99. The molecule has 4 rings (SSSR count). The highest BCUT2D eigenvalue weighted by Gasteiger charge is 2.29. The van der Waals surface area contributed by atoms with E-state index < -0.39 is 5.82 Å². The lowest BCUT2D eigenvalue weighted by atomic mass is 9.95. The molecule has 1 saturated heterocycles. The summed E-state index contributed by atoms with van der Waals surface area (Å²) in [6.07, 6.45) is 0. The predicted molar refractivity (Wildman–Crippen MR) is 113 cm³/mol. The van der Waals surface area contributed by atoms with Crippen LogP contribution in [0.3, 0.4) is 0 Å². The van der Waals surface area contributed by atoms with Crippen LogP contribution < -0.4 is 0 Å². The Morgan fingerprint density at radius 2 is 1.38 bits per heavy atom. The first-order valence-electron chi connectivity index (χ1n) is 10.0. The van der Waals surface area contributed by atoms with Crippen molar-refractivity contribution in [2.45, 2.75) is 13.0 Å². The van der Waals surface area contributed by atoms with E-state index in [-0.39, 0.29) is 17.5 Å². The summed E-state index contributed by atoms with van der Waals surface area (Å²) in [5, 5.41) is 0. The van der Waals surface area contributed by atoms with E-state index in [4.69, 9.17) is 0 Å². The van der Waals surface area contributed by atoms with Gasteiger partial charge in [0.1, 0.15) is 5.82 Å². The standard InChI is InChI=1S/C25H25FN2O/c1-19-11-13-21(14-12-19)24(20-7-3-2-4-8-20)27-15-17-28(18-16-27)25(29)22-9-5-6-10-23(22)26/h2-14,24H,15-18H2,1H3/t24-/m1/s1. The lowest BCUT2D eigenvalue weighted by Gasteiger charge is -2.40. The maximum atomic E-state index is 14.0. The van der Waals surface area contributed by atoms with E-state index in [0.29, 0.717) is 13.1 Å². The van der Waals surface area contributed by atoms with Gasteiger partial charge in [-0.15, -0.1) is 0 Å². The minimum absolute atomic E-state index is 0.141. The van der Waals surface area contributed by atoms with Crippen LogP contribution >= 0.6 is 0 Å². The number of nitrogens with zero attached hydrogens (tertiary/aromatic N) is 2. The van der Waals surface area contributed by atoms with Crippen LogP contribution in [0.25, 0.3) is 0 Å². The Balaban J connectivity index is 1.53. The van der Waals surface area contributed by atoms with Crippen LogP contribution in [0, 0.1) is 12.7 Å². The number of hydrogen-bond acceptors (Lipinski definition) is 2. The molecule has 0 bridgehead atoms. The molecule has 4 heteroatoms. The van der Waals surface area contributed by atoms with Crippen molar-refractivity contribution >= 4 is 5.91 Å². The van der Waals surface area contributed by atoms with Crippen LogP contribution in [0.4, 0.5) is 4.39 Å². The summed E-state index contributed by atoms with van der Waals surface area (Å²) in [6.45, 7) is 4.75. The van der Waals surface area contributed by atoms with E-state index in [2.05, 4.69) is 60.4 Å². The maximum Gasteiger partial charge on any atom is 0.256 e. The number of rotatable bonds is 4. The molecule has 3 aromatic rings. The molecule has 1 fully saturated rings. The summed E-state index contributed by atoms with van der Waals surface area (Å²) in [4.78, 5) is 16.9. The predicted octanol–water partition coefficient (Wildman–Crippen LogP) is 4.68. The average Bonchev–Trinajstić information content (AvgIpc) is 2.76. The van der Waals surface area contributed by atoms with Crippen LogP contribution in [-0.4, -0.2) is 41.9 Å². The second kappa shape index (κ2) is 8.58. The van der Waals surface area contributed by atoms with Crippen molar-refractivity contribution in [2.24, 2.45) is 0 Å². The highest BCUT2D eigenvalue weighted by molar-refractivity contribution is 5.94. The van der Waals surface area contributed by atoms with E-state index in [0.717, 1.165) is 13.1 Å². The van der Waals surface area contributed by atoms with Gasteiger partial charge in [-0.3, -0.25) is 9.69 Å². The number of piperazine rings is 1. The van der Waals surface area contributed by atoms with E-state index >= 15 is 0 Å². The fourth-order valence-electron chi connectivity index (χ4n) is 3.99. The third-order valence-electron chi connectivity index (χ3n) is 5.58. The Labute approximate surface area is 171 Å². The van der Waals surface area contributed by atoms with Crippen molar-refractivity contribution in [3.63, 3.8) is 0 Å². The van der Waals surface area contributed by atoms with Crippen LogP contribution in [0.1, 0.15) is 33.1 Å². The first-order chi connectivity index (χ1) is 14.1. The molecule has 3 aromatic carbocycles. The summed E-state index contributed by atoms with van der Waals surface area (Å²) < 4.78 is 14.0. The minimum atomic E-state index is -0.457. The van der Waals surface area contributed by atoms with Gasteiger partial charge in [-0.1, -0.05) is 72.3 Å². The molecular formula is C25H25FN2O. The van der Waals surface area contributed by atoms with Gasteiger partial charge in [-0.25, -0.2) is 4.39 Å². The number of hydrogen-bond donors (Lipinski definition) is 0. The zero-order valence-corrected chi connectivity index (χ0v) is 16.6. The van der Waals surface area contributed by atoms with E-state index in [1.165, 1.54) is 22.8 Å². The molecule has 1 aliphatic rings. The number of carbonyl (C=O) groups excluding carboxylic acids is 1. The van der Waals surface area contributed by atoms with Gasteiger partial charge >= 0.3 is 0 Å². The van der Waals surface area contributed by atoms with Crippen LogP contribution in [0.15, 0.2) is 78.9 Å². The summed E-state index contributed by atoms with van der Waals surface area (Å²) in [6, 6.07) is 25.5. The lowest BCUT2D eigenvalue weighted by Crippen LogP contribution is -2.50. The number of benzene rings is 3. The lowest BCUT2D eigenvalue weighted by molar-refractivity contribution is 0.0593. The number of carbonyl (C=O) groups is 1. The number of amides is 1. The van der Waals surface area contributed by atoms with Gasteiger partial charge in [0, 0.05) is 26.2 Å². The van der Waals surface area contributed by atoms with Crippen molar-refractivity contribution < 1.29 is 9.18 Å². The zero-order chi connectivity index (χ0) is 20.2. The molecule has 0 N–H and O–H groups in total. The quantitative estimate of drug-likeness (QED) is 0.648. The first-order valence-corrected chi connectivity index (χ1v) is 10.0. The third-order valence-corrected chi connectivity index (χ3v) is 5.58. The summed E-state index contributed by atoms with van der Waals surface area (Å²) in [7, 11) is 0. The molecule has 3 nitrogen and oxygen atoms in total. The molecule has 29 heavy (non-hydrogen) atoms. The Hall–Kier alpha value is -2.98. The smallest absolute Gasteiger partial charge is 0.256 e. The summed E-state index contributed by atoms with van der Waals surface area (Å²) in [5.41, 5.74) is 3.88. The largest absolute Gasteiger partial charge is 0.336 e.